The van der Waals surface area contributed by atoms with Crippen LogP contribution in [0.2, 0.25) is 5.02 Å². The first-order valence-corrected chi connectivity index (χ1v) is 6.06. The van der Waals surface area contributed by atoms with Crippen molar-refractivity contribution in [1.29, 1.82) is 0 Å². The summed E-state index contributed by atoms with van der Waals surface area (Å²) in [5.41, 5.74) is 4.28. The van der Waals surface area contributed by atoms with Crippen molar-refractivity contribution < 1.29 is 4.74 Å². The molecule has 96 valence electrons. The van der Waals surface area contributed by atoms with Crippen LogP contribution in [0.3, 0.4) is 0 Å². The topological polar surface area (TPSA) is 49.9 Å². The highest BCUT2D eigenvalue weighted by Gasteiger charge is 2.12. The molecule has 0 aliphatic heterocycles. The van der Waals surface area contributed by atoms with E-state index < -0.39 is 0 Å². The maximum atomic E-state index is 6.18. The van der Waals surface area contributed by atoms with Crippen molar-refractivity contribution in [3.8, 4) is 16.9 Å². The highest BCUT2D eigenvalue weighted by atomic mass is 35.5. The third-order valence-corrected chi connectivity index (χ3v) is 3.16. The molecule has 0 radical (unpaired) electrons. The number of benzene rings is 1. The van der Waals surface area contributed by atoms with Crippen LogP contribution in [-0.4, -0.2) is 24.4 Å². The van der Waals surface area contributed by atoms with Gasteiger partial charge in [0.2, 0.25) is 0 Å². The number of hydrogen-bond donors (Lipinski definition) is 2. The Hall–Kier alpha value is -1.52. The van der Waals surface area contributed by atoms with Crippen LogP contribution in [0.5, 0.6) is 5.75 Å². The van der Waals surface area contributed by atoms with Crippen LogP contribution in [0.25, 0.3) is 11.1 Å². The van der Waals surface area contributed by atoms with Gasteiger partial charge in [-0.25, -0.2) is 0 Å². The van der Waals surface area contributed by atoms with E-state index in [1.165, 1.54) is 0 Å². The molecule has 0 aliphatic carbocycles. The third kappa shape index (κ3) is 2.35. The number of methoxy groups -OCH3 is 1. The van der Waals surface area contributed by atoms with E-state index in [0.29, 0.717) is 10.8 Å². The predicted octanol–water partition coefficient (Wildman–Crippen LogP) is 2.77. The van der Waals surface area contributed by atoms with Gasteiger partial charge < -0.3 is 10.1 Å². The molecule has 2 N–H and O–H groups in total. The van der Waals surface area contributed by atoms with E-state index in [-0.39, 0.29) is 0 Å². The average molecular weight is 266 g/mol. The van der Waals surface area contributed by atoms with Gasteiger partial charge in [-0.1, -0.05) is 11.6 Å². The first-order chi connectivity index (χ1) is 8.67. The Balaban J connectivity index is 2.50. The minimum atomic E-state index is 0.606. The monoisotopic (exact) mass is 265 g/mol. The zero-order valence-electron chi connectivity index (χ0n) is 10.7. The standard InChI is InChI=1S/C13H16ClN3O/c1-8-4-13(18-3)11(14)5-9(8)10-6-16-17-12(10)7-15-2/h4-6,15H,7H2,1-3H3,(H,16,17). The number of rotatable bonds is 4. The van der Waals surface area contributed by atoms with Crippen molar-refractivity contribution in [2.75, 3.05) is 14.2 Å². The predicted molar refractivity (Wildman–Crippen MR) is 73.1 cm³/mol. The molecule has 0 unspecified atom stereocenters. The maximum Gasteiger partial charge on any atom is 0.137 e. The van der Waals surface area contributed by atoms with Crippen molar-refractivity contribution in [1.82, 2.24) is 15.5 Å². The molecule has 5 heteroatoms. The van der Waals surface area contributed by atoms with E-state index in [2.05, 4.69) is 15.5 Å². The summed E-state index contributed by atoms with van der Waals surface area (Å²) in [5, 5.41) is 10.8. The summed E-state index contributed by atoms with van der Waals surface area (Å²) >= 11 is 6.18. The van der Waals surface area contributed by atoms with E-state index in [0.717, 1.165) is 28.9 Å². The number of ether oxygens (including phenoxy) is 1. The van der Waals surface area contributed by atoms with Gasteiger partial charge in [0.1, 0.15) is 5.75 Å². The number of aryl methyl sites for hydroxylation is 1. The van der Waals surface area contributed by atoms with Crippen LogP contribution in [0, 0.1) is 6.92 Å². The molecular formula is C13H16ClN3O. The lowest BCUT2D eigenvalue weighted by Crippen LogP contribution is -2.06. The molecule has 0 aliphatic rings. The Labute approximate surface area is 111 Å². The van der Waals surface area contributed by atoms with Crippen molar-refractivity contribution in [3.63, 3.8) is 0 Å². The van der Waals surface area contributed by atoms with Gasteiger partial charge in [-0.2, -0.15) is 5.10 Å². The van der Waals surface area contributed by atoms with Gasteiger partial charge in [-0.05, 0) is 37.2 Å². The second-order valence-electron chi connectivity index (χ2n) is 4.09. The van der Waals surface area contributed by atoms with Crippen molar-refractivity contribution in [2.24, 2.45) is 0 Å². The fraction of sp³-hybridized carbons (Fsp3) is 0.308. The van der Waals surface area contributed by atoms with Crippen LogP contribution >= 0.6 is 11.6 Å². The molecule has 0 fully saturated rings. The largest absolute Gasteiger partial charge is 0.495 e. The van der Waals surface area contributed by atoms with Crippen LogP contribution in [0.15, 0.2) is 18.3 Å². The summed E-state index contributed by atoms with van der Waals surface area (Å²) in [6.45, 7) is 2.77. The number of halogens is 1. The van der Waals surface area contributed by atoms with Gasteiger partial charge in [-0.3, -0.25) is 5.10 Å². The summed E-state index contributed by atoms with van der Waals surface area (Å²) in [6, 6.07) is 3.85. The summed E-state index contributed by atoms with van der Waals surface area (Å²) in [5.74, 6) is 0.691. The second kappa shape index (κ2) is 5.42. The van der Waals surface area contributed by atoms with Gasteiger partial charge in [0.05, 0.1) is 24.0 Å². The highest BCUT2D eigenvalue weighted by Crippen LogP contribution is 2.34. The Bertz CT molecular complexity index is 551. The molecule has 2 rings (SSSR count). The number of hydrogen-bond acceptors (Lipinski definition) is 3. The third-order valence-electron chi connectivity index (χ3n) is 2.86. The van der Waals surface area contributed by atoms with E-state index >= 15 is 0 Å². The summed E-state index contributed by atoms with van der Waals surface area (Å²) in [7, 11) is 3.52. The second-order valence-corrected chi connectivity index (χ2v) is 4.50. The van der Waals surface area contributed by atoms with E-state index in [4.69, 9.17) is 16.3 Å². The summed E-state index contributed by atoms with van der Waals surface area (Å²) < 4.78 is 5.21. The molecule has 2 aromatic rings. The number of aromatic nitrogens is 2. The van der Waals surface area contributed by atoms with E-state index in [1.807, 2.05) is 32.3 Å². The van der Waals surface area contributed by atoms with Crippen LogP contribution < -0.4 is 10.1 Å². The number of H-pyrrole nitrogens is 1. The lowest BCUT2D eigenvalue weighted by molar-refractivity contribution is 0.415. The molecule has 0 saturated heterocycles. The Morgan fingerprint density at radius 1 is 1.39 bits per heavy atom. The number of aromatic amines is 1. The Morgan fingerprint density at radius 2 is 2.17 bits per heavy atom. The van der Waals surface area contributed by atoms with Crippen molar-refractivity contribution in [2.45, 2.75) is 13.5 Å². The molecule has 0 bridgehead atoms. The molecule has 0 atom stereocenters. The van der Waals surface area contributed by atoms with E-state index in [9.17, 15) is 0 Å². The average Bonchev–Trinajstić information content (AvgIpc) is 2.80. The highest BCUT2D eigenvalue weighted by molar-refractivity contribution is 6.32. The van der Waals surface area contributed by atoms with Crippen LogP contribution in [-0.2, 0) is 6.54 Å². The minimum absolute atomic E-state index is 0.606. The summed E-state index contributed by atoms with van der Waals surface area (Å²) in [6.07, 6.45) is 1.82. The molecule has 0 spiro atoms. The first-order valence-electron chi connectivity index (χ1n) is 5.68. The van der Waals surface area contributed by atoms with Gasteiger partial charge in [0.15, 0.2) is 0 Å². The zero-order valence-corrected chi connectivity index (χ0v) is 11.4. The van der Waals surface area contributed by atoms with E-state index in [1.54, 1.807) is 7.11 Å². The minimum Gasteiger partial charge on any atom is -0.495 e. The first kappa shape index (κ1) is 12.9. The molecule has 4 nitrogen and oxygen atoms in total. The quantitative estimate of drug-likeness (QED) is 0.894. The van der Waals surface area contributed by atoms with Gasteiger partial charge in [0.25, 0.3) is 0 Å². The summed E-state index contributed by atoms with van der Waals surface area (Å²) in [4.78, 5) is 0. The van der Waals surface area contributed by atoms with Crippen LogP contribution in [0.4, 0.5) is 0 Å². The van der Waals surface area contributed by atoms with Gasteiger partial charge >= 0.3 is 0 Å². The number of nitrogens with zero attached hydrogens (tertiary/aromatic N) is 1. The smallest absolute Gasteiger partial charge is 0.137 e. The SMILES string of the molecule is CNCc1[nH]ncc1-c1cc(Cl)c(OC)cc1C. The maximum absolute atomic E-state index is 6.18. The van der Waals surface area contributed by atoms with Crippen LogP contribution in [0.1, 0.15) is 11.3 Å². The Kier molecular flexibility index (Phi) is 3.89. The molecule has 1 heterocycles. The fourth-order valence-electron chi connectivity index (χ4n) is 1.96. The molecule has 1 aromatic heterocycles. The van der Waals surface area contributed by atoms with Gasteiger partial charge in [-0.15, -0.1) is 0 Å². The number of nitrogens with one attached hydrogen (secondary N) is 2. The Morgan fingerprint density at radius 3 is 2.83 bits per heavy atom. The molecule has 0 saturated carbocycles. The lowest BCUT2D eigenvalue weighted by Gasteiger charge is -2.10. The normalized spacial score (nSPS) is 10.7. The van der Waals surface area contributed by atoms with Crippen molar-refractivity contribution >= 4 is 11.6 Å². The zero-order chi connectivity index (χ0) is 13.1. The lowest BCUT2D eigenvalue weighted by atomic mass is 10.0. The molecular weight excluding hydrogens is 250 g/mol. The molecule has 0 amide bonds. The molecule has 18 heavy (non-hydrogen) atoms. The van der Waals surface area contributed by atoms with Gasteiger partial charge in [0, 0.05) is 12.1 Å². The van der Waals surface area contributed by atoms with Crippen molar-refractivity contribution in [3.05, 3.63) is 34.6 Å². The fourth-order valence-corrected chi connectivity index (χ4v) is 2.20. The molecule has 1 aromatic carbocycles.